The van der Waals surface area contributed by atoms with Crippen molar-refractivity contribution < 1.29 is 17.9 Å². The molecule has 2 aliphatic heterocycles. The van der Waals surface area contributed by atoms with Crippen LogP contribution in [-0.2, 0) is 21.2 Å². The van der Waals surface area contributed by atoms with Crippen LogP contribution < -0.4 is 15.0 Å². The molecular weight excluding hydrogens is 438 g/mol. The van der Waals surface area contributed by atoms with Crippen LogP contribution >= 0.6 is 0 Å². The van der Waals surface area contributed by atoms with Crippen LogP contribution in [0.25, 0.3) is 0 Å². The molecule has 8 heteroatoms. The number of sulfonamides is 1. The molecule has 7 nitrogen and oxygen atoms in total. The molecule has 0 radical (unpaired) electrons. The molecule has 1 N–H and O–H groups in total. The molecule has 2 aromatic carbocycles. The zero-order valence-corrected chi connectivity index (χ0v) is 20.1. The Morgan fingerprint density at radius 3 is 2.27 bits per heavy atom. The number of carbonyl (C=O) groups excluding carboxylic acids is 1. The third-order valence-corrected chi connectivity index (χ3v) is 8.34. The molecule has 33 heavy (non-hydrogen) atoms. The fourth-order valence-corrected chi connectivity index (χ4v) is 6.14. The number of ether oxygens (including phenoxy) is 1. The van der Waals surface area contributed by atoms with Crippen molar-refractivity contribution in [3.8, 4) is 5.75 Å². The maximum Gasteiger partial charge on any atom is 0.243 e. The smallest absolute Gasteiger partial charge is 0.243 e. The van der Waals surface area contributed by atoms with Crippen LogP contribution in [0.4, 0.5) is 11.4 Å². The number of anilines is 2. The minimum Gasteiger partial charge on any atom is -0.496 e. The Kier molecular flexibility index (Phi) is 7.55. The SMILES string of the molecule is COc1ccc(S(=O)(=O)N2CCCC2)cc1CCC(=O)Nc1ccc(N2CCCCC2)cc1. The number of aryl methyl sites for hydroxylation is 1. The molecule has 1 amide bonds. The summed E-state index contributed by atoms with van der Waals surface area (Å²) in [6, 6.07) is 12.9. The molecule has 2 aromatic rings. The van der Waals surface area contributed by atoms with Crippen LogP contribution in [0.5, 0.6) is 5.75 Å². The van der Waals surface area contributed by atoms with Crippen LogP contribution in [0, 0.1) is 0 Å². The van der Waals surface area contributed by atoms with Crippen molar-refractivity contribution >= 4 is 27.3 Å². The van der Waals surface area contributed by atoms with Crippen molar-refractivity contribution in [1.82, 2.24) is 4.31 Å². The topological polar surface area (TPSA) is 79.0 Å². The van der Waals surface area contributed by atoms with Gasteiger partial charge in [0.15, 0.2) is 0 Å². The zero-order valence-electron chi connectivity index (χ0n) is 19.3. The number of carbonyl (C=O) groups is 1. The molecule has 2 saturated heterocycles. The Morgan fingerprint density at radius 2 is 1.61 bits per heavy atom. The summed E-state index contributed by atoms with van der Waals surface area (Å²) in [4.78, 5) is 15.2. The Labute approximate surface area is 196 Å². The average Bonchev–Trinajstić information content (AvgIpc) is 3.40. The molecule has 2 heterocycles. The van der Waals surface area contributed by atoms with E-state index in [1.807, 2.05) is 12.1 Å². The van der Waals surface area contributed by atoms with E-state index < -0.39 is 10.0 Å². The summed E-state index contributed by atoms with van der Waals surface area (Å²) in [6.07, 6.45) is 6.15. The van der Waals surface area contributed by atoms with Crippen LogP contribution in [0.3, 0.4) is 0 Å². The van der Waals surface area contributed by atoms with Gasteiger partial charge in [-0.2, -0.15) is 4.31 Å². The molecular formula is C25H33N3O4S. The van der Waals surface area contributed by atoms with Crippen LogP contribution in [-0.4, -0.2) is 51.9 Å². The monoisotopic (exact) mass is 471 g/mol. The number of hydrogen-bond acceptors (Lipinski definition) is 5. The van der Waals surface area contributed by atoms with E-state index in [1.54, 1.807) is 25.3 Å². The highest BCUT2D eigenvalue weighted by atomic mass is 32.2. The largest absolute Gasteiger partial charge is 0.496 e. The average molecular weight is 472 g/mol. The maximum absolute atomic E-state index is 12.9. The third kappa shape index (κ3) is 5.68. The Bertz CT molecular complexity index is 1060. The van der Waals surface area contributed by atoms with Gasteiger partial charge in [0, 0.05) is 44.0 Å². The minimum atomic E-state index is -3.51. The van der Waals surface area contributed by atoms with Gasteiger partial charge < -0.3 is 15.0 Å². The van der Waals surface area contributed by atoms with Gasteiger partial charge in [0.2, 0.25) is 15.9 Å². The normalized spacial score (nSPS) is 17.2. The number of hydrogen-bond donors (Lipinski definition) is 1. The first-order valence-corrected chi connectivity index (χ1v) is 13.2. The lowest BCUT2D eigenvalue weighted by molar-refractivity contribution is -0.116. The second-order valence-electron chi connectivity index (χ2n) is 8.73. The van der Waals surface area contributed by atoms with Crippen molar-refractivity contribution in [2.45, 2.75) is 49.8 Å². The van der Waals surface area contributed by atoms with Gasteiger partial charge in [0.1, 0.15) is 5.75 Å². The highest BCUT2D eigenvalue weighted by molar-refractivity contribution is 7.89. The molecule has 0 bridgehead atoms. The van der Waals surface area contributed by atoms with Crippen LogP contribution in [0.1, 0.15) is 44.1 Å². The van der Waals surface area contributed by atoms with Gasteiger partial charge >= 0.3 is 0 Å². The molecule has 0 aromatic heterocycles. The Hall–Kier alpha value is -2.58. The standard InChI is InChI=1S/C25H33N3O4S/c1-32-24-13-12-23(33(30,31)28-17-5-6-18-28)19-20(24)7-14-25(29)26-21-8-10-22(11-9-21)27-15-3-2-4-16-27/h8-13,19H,2-7,14-18H2,1H3,(H,26,29). The Morgan fingerprint density at radius 1 is 0.939 bits per heavy atom. The summed E-state index contributed by atoms with van der Waals surface area (Å²) in [6.45, 7) is 3.28. The fourth-order valence-electron chi connectivity index (χ4n) is 4.57. The third-order valence-electron chi connectivity index (χ3n) is 6.45. The number of nitrogens with zero attached hydrogens (tertiary/aromatic N) is 2. The molecule has 2 aliphatic rings. The number of benzene rings is 2. The van der Waals surface area contributed by atoms with Crippen molar-refractivity contribution in [3.63, 3.8) is 0 Å². The first-order chi connectivity index (χ1) is 16.0. The lowest BCUT2D eigenvalue weighted by Crippen LogP contribution is -2.29. The van der Waals surface area contributed by atoms with Gasteiger partial charge in [0.05, 0.1) is 12.0 Å². The van der Waals surface area contributed by atoms with Crippen molar-refractivity contribution in [3.05, 3.63) is 48.0 Å². The van der Waals surface area contributed by atoms with E-state index in [1.165, 1.54) is 29.3 Å². The van der Waals surface area contributed by atoms with Crippen LogP contribution in [0.15, 0.2) is 47.4 Å². The zero-order chi connectivity index (χ0) is 23.3. The summed E-state index contributed by atoms with van der Waals surface area (Å²) in [7, 11) is -1.96. The van der Waals surface area contributed by atoms with Gasteiger partial charge in [-0.25, -0.2) is 8.42 Å². The van der Waals surface area contributed by atoms with Crippen molar-refractivity contribution in [2.75, 3.05) is 43.5 Å². The van der Waals surface area contributed by atoms with Crippen molar-refractivity contribution in [2.24, 2.45) is 0 Å². The first-order valence-electron chi connectivity index (χ1n) is 11.8. The number of piperidine rings is 1. The quantitative estimate of drug-likeness (QED) is 0.629. The number of rotatable bonds is 8. The first kappa shape index (κ1) is 23.6. The van der Waals surface area contributed by atoms with E-state index >= 15 is 0 Å². The predicted octanol–water partition coefficient (Wildman–Crippen LogP) is 4.04. The van der Waals surface area contributed by atoms with Crippen molar-refractivity contribution in [1.29, 1.82) is 0 Å². The highest BCUT2D eigenvalue weighted by Crippen LogP contribution is 2.28. The molecule has 0 aliphatic carbocycles. The molecule has 4 rings (SSSR count). The summed E-state index contributed by atoms with van der Waals surface area (Å²) in [5.74, 6) is 0.477. The highest BCUT2D eigenvalue weighted by Gasteiger charge is 2.27. The number of nitrogens with one attached hydrogen (secondary N) is 1. The number of methoxy groups -OCH3 is 1. The van der Waals surface area contributed by atoms with Crippen LogP contribution in [0.2, 0.25) is 0 Å². The minimum absolute atomic E-state index is 0.115. The van der Waals surface area contributed by atoms with E-state index in [-0.39, 0.29) is 17.2 Å². The lowest BCUT2D eigenvalue weighted by Gasteiger charge is -2.28. The van der Waals surface area contributed by atoms with Gasteiger partial charge in [-0.05, 0) is 86.6 Å². The molecule has 2 fully saturated rings. The second kappa shape index (κ2) is 10.6. The van der Waals surface area contributed by atoms with E-state index in [0.29, 0.717) is 30.8 Å². The number of amides is 1. The fraction of sp³-hybridized carbons (Fsp3) is 0.480. The maximum atomic E-state index is 12.9. The van der Waals surface area contributed by atoms with E-state index in [9.17, 15) is 13.2 Å². The summed E-state index contributed by atoms with van der Waals surface area (Å²) in [5.41, 5.74) is 2.67. The van der Waals surface area contributed by atoms with Gasteiger partial charge in [-0.1, -0.05) is 0 Å². The predicted molar refractivity (Wildman–Crippen MR) is 130 cm³/mol. The van der Waals surface area contributed by atoms with E-state index in [0.717, 1.165) is 31.6 Å². The molecule has 0 unspecified atom stereocenters. The molecule has 0 atom stereocenters. The lowest BCUT2D eigenvalue weighted by atomic mass is 10.1. The summed E-state index contributed by atoms with van der Waals surface area (Å²) >= 11 is 0. The summed E-state index contributed by atoms with van der Waals surface area (Å²) < 4.78 is 32.8. The second-order valence-corrected chi connectivity index (χ2v) is 10.7. The Balaban J connectivity index is 1.38. The van der Waals surface area contributed by atoms with Gasteiger partial charge in [-0.3, -0.25) is 4.79 Å². The molecule has 178 valence electrons. The molecule has 0 saturated carbocycles. The summed E-state index contributed by atoms with van der Waals surface area (Å²) in [5, 5.41) is 2.94. The molecule has 0 spiro atoms. The van der Waals surface area contributed by atoms with E-state index in [2.05, 4.69) is 22.3 Å². The van der Waals surface area contributed by atoms with Gasteiger partial charge in [-0.15, -0.1) is 0 Å². The van der Waals surface area contributed by atoms with E-state index in [4.69, 9.17) is 4.74 Å². The van der Waals surface area contributed by atoms with Gasteiger partial charge in [0.25, 0.3) is 0 Å².